The maximum absolute atomic E-state index is 12.5. The Morgan fingerprint density at radius 1 is 1.62 bits per heavy atom. The van der Waals surface area contributed by atoms with Crippen molar-refractivity contribution in [3.8, 4) is 0 Å². The smallest absolute Gasteiger partial charge is 0.260 e. The van der Waals surface area contributed by atoms with Crippen LogP contribution in [0, 0.1) is 5.92 Å². The molecule has 3 heterocycles. The topological polar surface area (TPSA) is 98.7 Å². The van der Waals surface area contributed by atoms with Crippen molar-refractivity contribution in [2.24, 2.45) is 5.92 Å². The van der Waals surface area contributed by atoms with E-state index in [1.807, 2.05) is 6.92 Å². The fourth-order valence-electron chi connectivity index (χ4n) is 2.71. The Morgan fingerprint density at radius 3 is 3.19 bits per heavy atom. The van der Waals surface area contributed by atoms with E-state index < -0.39 is 10.0 Å². The molecule has 0 bridgehead atoms. The molecule has 116 valence electrons. The Morgan fingerprint density at radius 2 is 2.43 bits per heavy atom. The molecule has 9 heteroatoms. The van der Waals surface area contributed by atoms with Crippen molar-refractivity contribution in [2.75, 3.05) is 18.9 Å². The number of nitrogens with two attached hydrogens (primary N) is 1. The van der Waals surface area contributed by atoms with Crippen LogP contribution in [-0.2, 0) is 14.8 Å². The summed E-state index contributed by atoms with van der Waals surface area (Å²) in [6.45, 7) is 3.09. The number of anilines is 1. The van der Waals surface area contributed by atoms with E-state index in [0.717, 1.165) is 12.8 Å². The first-order valence-electron chi connectivity index (χ1n) is 6.85. The van der Waals surface area contributed by atoms with Gasteiger partial charge in [0.1, 0.15) is 0 Å². The van der Waals surface area contributed by atoms with Crippen molar-refractivity contribution in [3.63, 3.8) is 0 Å². The zero-order chi connectivity index (χ0) is 15.0. The molecule has 2 aromatic rings. The number of imidazole rings is 1. The summed E-state index contributed by atoms with van der Waals surface area (Å²) in [5.74, 6) is 0.237. The number of ether oxygens (including phenoxy) is 1. The van der Waals surface area contributed by atoms with Crippen LogP contribution in [0.4, 0.5) is 5.82 Å². The normalized spacial score (nSPS) is 23.1. The first-order valence-corrected chi connectivity index (χ1v) is 9.21. The van der Waals surface area contributed by atoms with E-state index in [-0.39, 0.29) is 22.9 Å². The van der Waals surface area contributed by atoms with Gasteiger partial charge in [-0.2, -0.15) is 0 Å². The number of fused-ring (bicyclic) bond motifs is 1. The third-order valence-electron chi connectivity index (χ3n) is 3.78. The number of nitrogen functional groups attached to an aromatic ring is 1. The second-order valence-corrected chi connectivity index (χ2v) is 7.63. The molecule has 21 heavy (non-hydrogen) atoms. The maximum Gasteiger partial charge on any atom is 0.260 e. The molecule has 7 nitrogen and oxygen atoms in total. The number of aromatic nitrogens is 2. The minimum atomic E-state index is -3.69. The summed E-state index contributed by atoms with van der Waals surface area (Å²) in [6.07, 6.45) is 3.54. The van der Waals surface area contributed by atoms with Gasteiger partial charge in [-0.15, -0.1) is 11.3 Å². The number of nitrogens with zero attached hydrogens (tertiary/aromatic N) is 2. The van der Waals surface area contributed by atoms with Gasteiger partial charge in [0.2, 0.25) is 0 Å². The number of rotatable bonds is 5. The minimum Gasteiger partial charge on any atom is -0.381 e. The lowest BCUT2D eigenvalue weighted by atomic mass is 10.0. The molecule has 0 aliphatic carbocycles. The van der Waals surface area contributed by atoms with Crippen LogP contribution in [0.25, 0.3) is 4.96 Å². The summed E-state index contributed by atoms with van der Waals surface area (Å²) in [7, 11) is -3.69. The van der Waals surface area contributed by atoms with Gasteiger partial charge in [0, 0.05) is 30.6 Å². The molecular weight excluding hydrogens is 312 g/mol. The van der Waals surface area contributed by atoms with Crippen molar-refractivity contribution in [1.82, 2.24) is 14.1 Å². The van der Waals surface area contributed by atoms with E-state index in [0.29, 0.717) is 18.1 Å². The first-order chi connectivity index (χ1) is 10.0. The Balaban J connectivity index is 1.81. The van der Waals surface area contributed by atoms with E-state index in [4.69, 9.17) is 10.5 Å². The van der Waals surface area contributed by atoms with E-state index in [2.05, 4.69) is 9.71 Å². The van der Waals surface area contributed by atoms with Crippen molar-refractivity contribution in [2.45, 2.75) is 30.9 Å². The Kier molecular flexibility index (Phi) is 3.91. The van der Waals surface area contributed by atoms with Crippen molar-refractivity contribution >= 4 is 32.1 Å². The van der Waals surface area contributed by atoms with Crippen molar-refractivity contribution in [1.29, 1.82) is 0 Å². The molecule has 1 aliphatic rings. The lowest BCUT2D eigenvalue weighted by Gasteiger charge is -2.17. The third kappa shape index (κ3) is 2.66. The van der Waals surface area contributed by atoms with Crippen molar-refractivity contribution in [3.05, 3.63) is 11.6 Å². The highest BCUT2D eigenvalue weighted by Gasteiger charge is 2.30. The average Bonchev–Trinajstić information content (AvgIpc) is 3.10. The molecule has 0 amide bonds. The van der Waals surface area contributed by atoms with Gasteiger partial charge >= 0.3 is 0 Å². The van der Waals surface area contributed by atoms with Gasteiger partial charge in [0.25, 0.3) is 10.0 Å². The van der Waals surface area contributed by atoms with E-state index in [1.54, 1.807) is 11.6 Å². The predicted octanol–water partition coefficient (Wildman–Crippen LogP) is 1.07. The molecule has 0 radical (unpaired) electrons. The van der Waals surface area contributed by atoms with Gasteiger partial charge in [0.05, 0.1) is 6.10 Å². The summed E-state index contributed by atoms with van der Waals surface area (Å²) >= 11 is 1.35. The van der Waals surface area contributed by atoms with E-state index in [1.165, 1.54) is 15.7 Å². The number of sulfonamides is 1. The largest absolute Gasteiger partial charge is 0.381 e. The summed E-state index contributed by atoms with van der Waals surface area (Å²) in [6, 6.07) is 0. The summed E-state index contributed by atoms with van der Waals surface area (Å²) in [5, 5.41) is 1.80. The highest BCUT2D eigenvalue weighted by molar-refractivity contribution is 7.89. The predicted molar refractivity (Wildman–Crippen MR) is 80.8 cm³/mol. The van der Waals surface area contributed by atoms with Crippen LogP contribution in [0.5, 0.6) is 0 Å². The molecule has 0 aromatic carbocycles. The van der Waals surface area contributed by atoms with Crippen LogP contribution >= 0.6 is 11.3 Å². The lowest BCUT2D eigenvalue weighted by molar-refractivity contribution is 0.0884. The van der Waals surface area contributed by atoms with Gasteiger partial charge in [0.15, 0.2) is 15.8 Å². The summed E-state index contributed by atoms with van der Waals surface area (Å²) in [4.78, 5) is 4.64. The SMILES string of the molecule is CCC1OCCC1CNS(=O)(=O)c1c(N)nc2sccn12. The van der Waals surface area contributed by atoms with Crippen LogP contribution < -0.4 is 10.5 Å². The number of nitrogens with one attached hydrogen (secondary N) is 1. The molecule has 2 aromatic heterocycles. The zero-order valence-electron chi connectivity index (χ0n) is 11.7. The Hall–Kier alpha value is -1.16. The molecule has 1 fully saturated rings. The van der Waals surface area contributed by atoms with Crippen molar-refractivity contribution < 1.29 is 13.2 Å². The Bertz CT molecular complexity index is 737. The monoisotopic (exact) mass is 330 g/mol. The number of hydrogen-bond donors (Lipinski definition) is 2. The average molecular weight is 330 g/mol. The molecule has 0 saturated carbocycles. The highest BCUT2D eigenvalue weighted by Crippen LogP contribution is 2.25. The fourth-order valence-corrected chi connectivity index (χ4v) is 4.79. The van der Waals surface area contributed by atoms with Crippen LogP contribution in [0.1, 0.15) is 19.8 Å². The van der Waals surface area contributed by atoms with Gasteiger partial charge in [-0.3, -0.25) is 4.40 Å². The van der Waals surface area contributed by atoms with Crippen LogP contribution in [0.3, 0.4) is 0 Å². The Labute approximate surface area is 127 Å². The third-order valence-corrected chi connectivity index (χ3v) is 6.00. The summed E-state index contributed by atoms with van der Waals surface area (Å²) in [5.41, 5.74) is 5.75. The molecule has 2 unspecified atom stereocenters. The van der Waals surface area contributed by atoms with E-state index in [9.17, 15) is 8.42 Å². The lowest BCUT2D eigenvalue weighted by Crippen LogP contribution is -2.33. The second kappa shape index (κ2) is 5.56. The fraction of sp³-hybridized carbons (Fsp3) is 0.583. The van der Waals surface area contributed by atoms with Gasteiger partial charge in [-0.05, 0) is 12.8 Å². The van der Waals surface area contributed by atoms with Crippen LogP contribution in [0.2, 0.25) is 0 Å². The standard InChI is InChI=1S/C12H18N4O3S2/c1-2-9-8(3-5-19-9)7-14-21(17,18)11-10(13)15-12-16(11)4-6-20-12/h4,6,8-9,14H,2-3,5,7,13H2,1H3. The van der Waals surface area contributed by atoms with Gasteiger partial charge in [-0.1, -0.05) is 6.92 Å². The highest BCUT2D eigenvalue weighted by atomic mass is 32.2. The van der Waals surface area contributed by atoms with Crippen LogP contribution in [0.15, 0.2) is 16.6 Å². The minimum absolute atomic E-state index is 0.0192. The van der Waals surface area contributed by atoms with E-state index >= 15 is 0 Å². The molecule has 2 atom stereocenters. The first kappa shape index (κ1) is 14.8. The second-order valence-electron chi connectivity index (χ2n) is 5.08. The molecule has 0 spiro atoms. The maximum atomic E-state index is 12.5. The quantitative estimate of drug-likeness (QED) is 0.854. The van der Waals surface area contributed by atoms with Gasteiger partial charge in [-0.25, -0.2) is 18.1 Å². The molecule has 3 rings (SSSR count). The molecule has 1 aliphatic heterocycles. The number of hydrogen-bond acceptors (Lipinski definition) is 6. The molecule has 1 saturated heterocycles. The van der Waals surface area contributed by atoms with Crippen LogP contribution in [-0.4, -0.2) is 37.1 Å². The zero-order valence-corrected chi connectivity index (χ0v) is 13.3. The molecule has 3 N–H and O–H groups in total. The number of thiazole rings is 1. The summed E-state index contributed by atoms with van der Waals surface area (Å²) < 4.78 is 34.7. The molecular formula is C12H18N4O3S2. The van der Waals surface area contributed by atoms with Gasteiger partial charge < -0.3 is 10.5 Å².